The molecule has 1 fully saturated rings. The number of rotatable bonds is 10. The minimum atomic E-state index is -3.74. The highest BCUT2D eigenvalue weighted by Gasteiger charge is 2.35. The van der Waals surface area contributed by atoms with Gasteiger partial charge in [0.1, 0.15) is 11.6 Å². The van der Waals surface area contributed by atoms with Gasteiger partial charge < -0.3 is 5.73 Å². The summed E-state index contributed by atoms with van der Waals surface area (Å²) in [5.41, 5.74) is 10.2. The molecule has 0 aliphatic carbocycles. The summed E-state index contributed by atoms with van der Waals surface area (Å²) in [7, 11) is -3.74. The maximum atomic E-state index is 14.0. The molecule has 0 amide bonds. The number of hydrogen-bond acceptors (Lipinski definition) is 4. The van der Waals surface area contributed by atoms with E-state index in [0.717, 1.165) is 66.8 Å². The molecule has 1 atom stereocenters. The van der Waals surface area contributed by atoms with Crippen LogP contribution in [-0.2, 0) is 15.4 Å². The fraction of sp³-hybridized carbons (Fsp3) is 0.355. The van der Waals surface area contributed by atoms with Crippen LogP contribution in [0.3, 0.4) is 0 Å². The Hall–Kier alpha value is -2.58. The molecule has 8 heteroatoms. The van der Waals surface area contributed by atoms with E-state index in [1.165, 1.54) is 0 Å². The number of benzene rings is 3. The van der Waals surface area contributed by atoms with Crippen LogP contribution in [0.15, 0.2) is 72.3 Å². The largest absolute Gasteiger partial charge is 0.321 e. The van der Waals surface area contributed by atoms with Gasteiger partial charge in [-0.1, -0.05) is 74.7 Å². The Morgan fingerprint density at radius 3 is 1.87 bits per heavy atom. The molecule has 0 radical (unpaired) electrons. The third-order valence-corrected chi connectivity index (χ3v) is 8.87. The number of nitrogens with two attached hydrogens (primary N) is 1. The number of sulfone groups is 1. The van der Waals surface area contributed by atoms with E-state index in [9.17, 15) is 17.2 Å². The smallest absolute Gasteiger partial charge is 0.176 e. The number of nitrogens with zero attached hydrogens (tertiary/aromatic N) is 1. The molecule has 1 saturated heterocycles. The molecule has 1 aliphatic heterocycles. The van der Waals surface area contributed by atoms with Crippen LogP contribution in [0.1, 0.15) is 67.8 Å². The quantitative estimate of drug-likeness (QED) is 0.278. The van der Waals surface area contributed by atoms with Gasteiger partial charge in [0, 0.05) is 36.0 Å². The van der Waals surface area contributed by atoms with Crippen molar-refractivity contribution >= 4 is 26.3 Å². The van der Waals surface area contributed by atoms with Crippen molar-refractivity contribution in [2.24, 2.45) is 5.73 Å². The minimum Gasteiger partial charge on any atom is -0.321 e. The predicted octanol–water partition coefficient (Wildman–Crippen LogP) is 7.23. The molecular weight excluding hydrogens is 538 g/mol. The summed E-state index contributed by atoms with van der Waals surface area (Å²) < 4.78 is 53.4. The van der Waals surface area contributed by atoms with Crippen LogP contribution in [0.2, 0.25) is 5.02 Å². The number of hydrogen-bond donors (Lipinski definition) is 1. The lowest BCUT2D eigenvalue weighted by atomic mass is 9.81. The van der Waals surface area contributed by atoms with Crippen LogP contribution >= 0.6 is 11.6 Å². The summed E-state index contributed by atoms with van der Waals surface area (Å²) in [5.74, 6) is -1.63. The van der Waals surface area contributed by atoms with E-state index in [1.54, 1.807) is 0 Å². The van der Waals surface area contributed by atoms with Gasteiger partial charge in [0.15, 0.2) is 9.84 Å². The van der Waals surface area contributed by atoms with Gasteiger partial charge in [-0.15, -0.1) is 0 Å². The lowest BCUT2D eigenvalue weighted by molar-refractivity contribution is 0.203. The molecule has 1 unspecified atom stereocenters. The molecule has 208 valence electrons. The SMILES string of the molecule is CCCC(N)(CCC)c1ccc(C(c2ccc(Cl)cc2)N2CC(=C(c3cc(F)cc(F)c3)S(C)(=O)=O)C2)cc1. The Balaban J connectivity index is 1.72. The number of halogens is 3. The molecule has 0 saturated carbocycles. The first-order valence-corrected chi connectivity index (χ1v) is 15.5. The Kier molecular flexibility index (Phi) is 8.96. The average molecular weight is 573 g/mol. The molecule has 0 spiro atoms. The summed E-state index contributed by atoms with van der Waals surface area (Å²) in [6.45, 7) is 4.95. The van der Waals surface area contributed by atoms with Crippen LogP contribution in [0, 0.1) is 11.6 Å². The lowest BCUT2D eigenvalue weighted by Gasteiger charge is -2.42. The third-order valence-electron chi connectivity index (χ3n) is 7.35. The van der Waals surface area contributed by atoms with Crippen LogP contribution < -0.4 is 5.73 Å². The summed E-state index contributed by atoms with van der Waals surface area (Å²) in [6, 6.07) is 18.6. The summed E-state index contributed by atoms with van der Waals surface area (Å²) in [6.07, 6.45) is 4.85. The van der Waals surface area contributed by atoms with Crippen molar-refractivity contribution in [1.82, 2.24) is 4.90 Å². The maximum Gasteiger partial charge on any atom is 0.176 e. The van der Waals surface area contributed by atoms with Gasteiger partial charge in [0.2, 0.25) is 0 Å². The van der Waals surface area contributed by atoms with E-state index in [0.29, 0.717) is 23.7 Å². The molecule has 4 rings (SSSR count). The highest BCUT2D eigenvalue weighted by atomic mass is 35.5. The van der Waals surface area contributed by atoms with Gasteiger partial charge in [-0.3, -0.25) is 4.90 Å². The zero-order valence-corrected chi connectivity index (χ0v) is 24.1. The monoisotopic (exact) mass is 572 g/mol. The van der Waals surface area contributed by atoms with Crippen LogP contribution in [-0.4, -0.2) is 32.7 Å². The standard InChI is InChI=1S/C31H35ClF2N2O2S/c1-4-14-31(35,15-5-2)25-10-6-21(7-11-25)29(22-8-12-26(32)13-9-22)36-19-24(20-36)30(39(3,37)38)23-16-27(33)18-28(34)17-23/h6-13,16-18,29H,4-5,14-15,19-20,35H2,1-3H3. The maximum absolute atomic E-state index is 14.0. The van der Waals surface area contributed by atoms with Gasteiger partial charge in [-0.25, -0.2) is 17.2 Å². The predicted molar refractivity (Wildman–Crippen MR) is 155 cm³/mol. The molecule has 0 bridgehead atoms. The second-order valence-corrected chi connectivity index (χ2v) is 12.9. The van der Waals surface area contributed by atoms with Crippen LogP contribution in [0.5, 0.6) is 0 Å². The van der Waals surface area contributed by atoms with Crippen molar-refractivity contribution in [3.05, 3.63) is 111 Å². The average Bonchev–Trinajstić information content (AvgIpc) is 2.83. The Morgan fingerprint density at radius 1 is 0.923 bits per heavy atom. The lowest BCUT2D eigenvalue weighted by Crippen LogP contribution is -2.44. The van der Waals surface area contributed by atoms with Crippen molar-refractivity contribution in [2.45, 2.75) is 51.1 Å². The second-order valence-electron chi connectivity index (χ2n) is 10.5. The van der Waals surface area contributed by atoms with Crippen molar-refractivity contribution in [1.29, 1.82) is 0 Å². The van der Waals surface area contributed by atoms with E-state index in [-0.39, 0.29) is 22.0 Å². The van der Waals surface area contributed by atoms with Crippen molar-refractivity contribution in [3.63, 3.8) is 0 Å². The topological polar surface area (TPSA) is 63.4 Å². The van der Waals surface area contributed by atoms with Crippen molar-refractivity contribution in [3.8, 4) is 0 Å². The number of likely N-dealkylation sites (tertiary alicyclic amines) is 1. The highest BCUT2D eigenvalue weighted by Crippen LogP contribution is 2.39. The fourth-order valence-corrected chi connectivity index (χ4v) is 7.02. The van der Waals surface area contributed by atoms with Gasteiger partial charge in [0.25, 0.3) is 0 Å². The molecule has 4 nitrogen and oxygen atoms in total. The zero-order valence-electron chi connectivity index (χ0n) is 22.6. The molecular formula is C31H35ClF2N2O2S. The van der Waals surface area contributed by atoms with E-state index in [1.807, 2.05) is 24.3 Å². The minimum absolute atomic E-state index is 0.0191. The molecule has 1 aliphatic rings. The first kappa shape index (κ1) is 29.4. The van der Waals surface area contributed by atoms with E-state index in [4.69, 9.17) is 17.3 Å². The van der Waals surface area contributed by atoms with Crippen molar-refractivity contribution < 1.29 is 17.2 Å². The van der Waals surface area contributed by atoms with Gasteiger partial charge in [-0.2, -0.15) is 0 Å². The van der Waals surface area contributed by atoms with Gasteiger partial charge in [-0.05, 0) is 64.9 Å². The van der Waals surface area contributed by atoms with E-state index >= 15 is 0 Å². The van der Waals surface area contributed by atoms with Crippen LogP contribution in [0.4, 0.5) is 8.78 Å². The molecule has 39 heavy (non-hydrogen) atoms. The highest BCUT2D eigenvalue weighted by molar-refractivity contribution is 8.00. The molecule has 3 aromatic carbocycles. The van der Waals surface area contributed by atoms with E-state index < -0.39 is 21.5 Å². The molecule has 2 N–H and O–H groups in total. The Bertz CT molecular complexity index is 1420. The first-order chi connectivity index (χ1) is 18.4. The van der Waals surface area contributed by atoms with Gasteiger partial charge >= 0.3 is 0 Å². The normalized spacial score (nSPS) is 15.2. The molecule has 1 heterocycles. The third kappa shape index (κ3) is 6.60. The van der Waals surface area contributed by atoms with Crippen LogP contribution in [0.25, 0.3) is 4.91 Å². The zero-order chi connectivity index (χ0) is 28.4. The van der Waals surface area contributed by atoms with Crippen molar-refractivity contribution in [2.75, 3.05) is 19.3 Å². The fourth-order valence-electron chi connectivity index (χ4n) is 5.70. The van der Waals surface area contributed by atoms with E-state index in [2.05, 4.69) is 43.0 Å². The second kappa shape index (κ2) is 11.9. The first-order valence-electron chi connectivity index (χ1n) is 13.2. The molecule has 0 aromatic heterocycles. The summed E-state index contributed by atoms with van der Waals surface area (Å²) in [4.78, 5) is 2.12. The molecule has 3 aromatic rings. The summed E-state index contributed by atoms with van der Waals surface area (Å²) >= 11 is 6.17. The Morgan fingerprint density at radius 2 is 1.41 bits per heavy atom. The van der Waals surface area contributed by atoms with Gasteiger partial charge in [0.05, 0.1) is 10.9 Å². The Labute approximate surface area is 235 Å². The summed E-state index contributed by atoms with van der Waals surface area (Å²) in [5, 5.41) is 0.622.